The molecule has 0 aliphatic heterocycles. The molecule has 0 radical (unpaired) electrons. The van der Waals surface area contributed by atoms with Crippen LogP contribution in [0.5, 0.6) is 0 Å². The van der Waals surface area contributed by atoms with Crippen molar-refractivity contribution in [3.05, 3.63) is 11.1 Å². The lowest BCUT2D eigenvalue weighted by Crippen LogP contribution is -2.42. The molecule has 12 heavy (non-hydrogen) atoms. The molecule has 0 aliphatic carbocycles. The summed E-state index contributed by atoms with van der Waals surface area (Å²) in [7, 11) is -2.98. The molecule has 0 aromatic carbocycles. The van der Waals surface area contributed by atoms with Crippen LogP contribution in [0.3, 0.4) is 0 Å². The maximum Gasteiger partial charge on any atom is 0.962 e. The number of hydrogen-bond acceptors (Lipinski definition) is 3. The van der Waals surface area contributed by atoms with Gasteiger partial charge in [-0.25, -0.2) is 0 Å². The van der Waals surface area contributed by atoms with E-state index < -0.39 is 8.97 Å². The molecule has 0 bridgehead atoms. The molecule has 0 heterocycles. The third-order valence-electron chi connectivity index (χ3n) is 1.12. The third kappa shape index (κ3) is 3.32. The number of rotatable bonds is 6. The van der Waals surface area contributed by atoms with Crippen LogP contribution >= 0.6 is 0 Å². The van der Waals surface area contributed by atoms with Gasteiger partial charge in [-0.15, -0.1) is 0 Å². The van der Waals surface area contributed by atoms with Crippen LogP contribution < -0.4 is 0 Å². The van der Waals surface area contributed by atoms with Crippen LogP contribution in [-0.4, -0.2) is 28.8 Å². The van der Waals surface area contributed by atoms with Crippen molar-refractivity contribution in [2.45, 2.75) is 20.8 Å². The van der Waals surface area contributed by atoms with Crippen molar-refractivity contribution in [1.82, 2.24) is 0 Å². The van der Waals surface area contributed by atoms with Crippen molar-refractivity contribution in [2.75, 3.05) is 19.8 Å². The van der Waals surface area contributed by atoms with Crippen LogP contribution in [-0.2, 0) is 13.3 Å². The van der Waals surface area contributed by atoms with E-state index in [9.17, 15) is 0 Å². The number of hydrogen-bond donors (Lipinski definition) is 0. The van der Waals surface area contributed by atoms with E-state index in [1.54, 1.807) is 0 Å². The second kappa shape index (κ2) is 6.14. The van der Waals surface area contributed by atoms with E-state index in [2.05, 4.69) is 4.51 Å². The molecule has 0 N–H and O–H groups in total. The zero-order valence-electron chi connectivity index (χ0n) is 7.79. The van der Waals surface area contributed by atoms with Gasteiger partial charge in [-0.2, -0.15) is 0 Å². The zero-order valence-corrected chi connectivity index (χ0v) is 8.79. The Morgan fingerprint density at radius 1 is 1.00 bits per heavy atom. The molecule has 0 saturated carbocycles. The summed E-state index contributed by atoms with van der Waals surface area (Å²) in [5, 5.41) is 0. The van der Waals surface area contributed by atoms with Gasteiger partial charge in [-0.1, -0.05) is 0 Å². The van der Waals surface area contributed by atoms with Gasteiger partial charge in [0, 0.05) is 19.8 Å². The molecule has 0 aliphatic rings. The Hall–Kier alpha value is -0.413. The minimum Gasteiger partial charge on any atom is -0.336 e. The molecule has 0 aromatic rings. The van der Waals surface area contributed by atoms with E-state index in [1.165, 1.54) is 0 Å². The van der Waals surface area contributed by atoms with Crippen molar-refractivity contribution in [2.24, 2.45) is 0 Å². The standard InChI is InChI=1S/C7H15NO3Si/c1-5-9-12(8-4,10-6-2)11-7-3/h5-7H2,1-3H3. The van der Waals surface area contributed by atoms with E-state index in [0.29, 0.717) is 19.8 Å². The van der Waals surface area contributed by atoms with Gasteiger partial charge in [0.2, 0.25) is 0 Å². The lowest BCUT2D eigenvalue weighted by atomic mass is 10.9. The summed E-state index contributed by atoms with van der Waals surface area (Å²) in [5.41, 5.74) is 0. The molecule has 0 saturated heterocycles. The van der Waals surface area contributed by atoms with E-state index in [1.807, 2.05) is 20.8 Å². The maximum atomic E-state index is 6.93. The summed E-state index contributed by atoms with van der Waals surface area (Å²) in [6, 6.07) is 0. The van der Waals surface area contributed by atoms with E-state index in [-0.39, 0.29) is 0 Å². The van der Waals surface area contributed by atoms with Crippen LogP contribution in [0.4, 0.5) is 0 Å². The van der Waals surface area contributed by atoms with Gasteiger partial charge in [0.25, 0.3) is 0 Å². The predicted octanol–water partition coefficient (Wildman–Crippen LogP) is 1.45. The quantitative estimate of drug-likeness (QED) is 0.468. The highest BCUT2D eigenvalue weighted by atomic mass is 28.4. The lowest BCUT2D eigenvalue weighted by molar-refractivity contribution is 0.0835. The highest BCUT2D eigenvalue weighted by Crippen LogP contribution is 2.10. The SMILES string of the molecule is [C-]#[N+][Si](OCC)(OCC)OCC. The molecule has 0 fully saturated rings. The van der Waals surface area contributed by atoms with Crippen molar-refractivity contribution < 1.29 is 13.3 Å². The fraction of sp³-hybridized carbons (Fsp3) is 0.857. The molecule has 0 amide bonds. The first-order valence-electron chi connectivity index (χ1n) is 4.05. The molecule has 0 rings (SSSR count). The molecular formula is C7H15NO3Si. The topological polar surface area (TPSA) is 32.0 Å². The third-order valence-corrected chi connectivity index (χ3v) is 3.35. The van der Waals surface area contributed by atoms with Gasteiger partial charge < -0.3 is 17.8 Å². The normalized spacial score (nSPS) is 11.2. The molecule has 5 heteroatoms. The van der Waals surface area contributed by atoms with Crippen molar-refractivity contribution in [3.8, 4) is 0 Å². The highest BCUT2D eigenvalue weighted by molar-refractivity contribution is 6.64. The minimum absolute atomic E-state index is 0.453. The average molecular weight is 189 g/mol. The average Bonchev–Trinajstić information content (AvgIpc) is 2.06. The van der Waals surface area contributed by atoms with Crippen molar-refractivity contribution >= 4 is 8.97 Å². The van der Waals surface area contributed by atoms with E-state index in [0.717, 1.165) is 0 Å². The van der Waals surface area contributed by atoms with Crippen LogP contribution in [0.15, 0.2) is 0 Å². The van der Waals surface area contributed by atoms with Gasteiger partial charge in [-0.3, -0.25) is 6.57 Å². The van der Waals surface area contributed by atoms with Gasteiger partial charge >= 0.3 is 8.97 Å². The lowest BCUT2D eigenvalue weighted by Gasteiger charge is -2.12. The first kappa shape index (κ1) is 11.6. The second-order valence-corrected chi connectivity index (χ2v) is 4.07. The summed E-state index contributed by atoms with van der Waals surface area (Å²) >= 11 is 0. The molecule has 4 nitrogen and oxygen atoms in total. The zero-order chi connectivity index (χ0) is 9.45. The van der Waals surface area contributed by atoms with Crippen LogP contribution in [0, 0.1) is 6.57 Å². The van der Waals surface area contributed by atoms with Crippen LogP contribution in [0.1, 0.15) is 20.8 Å². The monoisotopic (exact) mass is 189 g/mol. The second-order valence-electron chi connectivity index (χ2n) is 1.93. The first-order valence-corrected chi connectivity index (χ1v) is 5.72. The molecule has 0 atom stereocenters. The Bertz CT molecular complexity index is 140. The summed E-state index contributed by atoms with van der Waals surface area (Å²) < 4.78 is 18.9. The Kier molecular flexibility index (Phi) is 5.93. The first-order chi connectivity index (χ1) is 5.74. The fourth-order valence-corrected chi connectivity index (χ4v) is 2.31. The summed E-state index contributed by atoms with van der Waals surface area (Å²) in [6.07, 6.45) is 0. The predicted molar refractivity (Wildman–Crippen MR) is 47.2 cm³/mol. The Morgan fingerprint density at radius 2 is 1.33 bits per heavy atom. The molecule has 70 valence electrons. The smallest absolute Gasteiger partial charge is 0.336 e. The molecule has 0 spiro atoms. The Labute approximate surface area is 74.7 Å². The summed E-state index contributed by atoms with van der Waals surface area (Å²) in [6.45, 7) is 13.8. The van der Waals surface area contributed by atoms with E-state index in [4.69, 9.17) is 19.9 Å². The summed E-state index contributed by atoms with van der Waals surface area (Å²) in [4.78, 5) is 0. The van der Waals surface area contributed by atoms with Gasteiger partial charge in [0.15, 0.2) is 0 Å². The Morgan fingerprint density at radius 3 is 1.50 bits per heavy atom. The molecule has 0 unspecified atom stereocenters. The molecule has 0 aromatic heterocycles. The maximum absolute atomic E-state index is 6.93. The minimum atomic E-state index is -2.98. The van der Waals surface area contributed by atoms with Crippen molar-refractivity contribution in [1.29, 1.82) is 0 Å². The number of nitrogens with zero attached hydrogens (tertiary/aromatic N) is 1. The van der Waals surface area contributed by atoms with Crippen LogP contribution in [0.2, 0.25) is 0 Å². The highest BCUT2D eigenvalue weighted by Gasteiger charge is 2.57. The van der Waals surface area contributed by atoms with Crippen molar-refractivity contribution in [3.63, 3.8) is 0 Å². The van der Waals surface area contributed by atoms with Gasteiger partial charge in [0.1, 0.15) is 0 Å². The molecular weight excluding hydrogens is 174 g/mol. The fourth-order valence-electron chi connectivity index (χ4n) is 0.769. The largest absolute Gasteiger partial charge is 0.962 e. The van der Waals surface area contributed by atoms with Gasteiger partial charge in [-0.05, 0) is 20.8 Å². The van der Waals surface area contributed by atoms with Crippen LogP contribution in [0.25, 0.3) is 4.51 Å². The van der Waals surface area contributed by atoms with Gasteiger partial charge in [0.05, 0.1) is 0 Å². The summed E-state index contributed by atoms with van der Waals surface area (Å²) in [5.74, 6) is 0. The Balaban J connectivity index is 4.19. The van der Waals surface area contributed by atoms with E-state index >= 15 is 0 Å².